The van der Waals surface area contributed by atoms with E-state index in [1.54, 1.807) is 24.3 Å². The Kier molecular flexibility index (Phi) is 7.29. The third-order valence-electron chi connectivity index (χ3n) is 6.07. The van der Waals surface area contributed by atoms with Gasteiger partial charge in [0.15, 0.2) is 0 Å². The molecular weight excluding hydrogens is 452 g/mol. The molecule has 0 bridgehead atoms. The van der Waals surface area contributed by atoms with Gasteiger partial charge in [0.25, 0.3) is 5.91 Å². The number of hydrogen-bond donors (Lipinski definition) is 2. The molecule has 2 heterocycles. The molecule has 4 rings (SSSR count). The van der Waals surface area contributed by atoms with E-state index in [1.165, 1.54) is 0 Å². The monoisotopic (exact) mass is 480 g/mol. The normalized spacial score (nSPS) is 15.5. The van der Waals surface area contributed by atoms with Crippen molar-refractivity contribution in [3.8, 4) is 0 Å². The van der Waals surface area contributed by atoms with Gasteiger partial charge in [0.2, 0.25) is 5.91 Å². The lowest BCUT2D eigenvalue weighted by molar-refractivity contribution is -0.136. The summed E-state index contributed by atoms with van der Waals surface area (Å²) in [4.78, 5) is 39.1. The lowest BCUT2D eigenvalue weighted by Gasteiger charge is -2.37. The second kappa shape index (κ2) is 10.4. The number of nitrogens with two attached hydrogens (primary N) is 1. The summed E-state index contributed by atoms with van der Waals surface area (Å²) in [6.07, 6.45) is 0. The lowest BCUT2D eigenvalue weighted by atomic mass is 10.0. The molecule has 0 radical (unpaired) electrons. The minimum atomic E-state index is -0.626. The average molecular weight is 481 g/mol. The number of halogens is 1. The van der Waals surface area contributed by atoms with Gasteiger partial charge >= 0.3 is 0 Å². The molecule has 1 aliphatic rings. The average Bonchev–Trinajstić information content (AvgIpc) is 2.82. The molecule has 1 aromatic heterocycles. The van der Waals surface area contributed by atoms with E-state index in [0.29, 0.717) is 55.0 Å². The summed E-state index contributed by atoms with van der Waals surface area (Å²) in [5, 5.41) is 4.09. The lowest BCUT2D eigenvalue weighted by Crippen LogP contribution is -2.56. The fourth-order valence-electron chi connectivity index (χ4n) is 4.12. The Bertz CT molecular complexity index is 1190. The number of nitrogen functional groups attached to an aromatic ring is 1. The van der Waals surface area contributed by atoms with Crippen molar-refractivity contribution in [1.82, 2.24) is 25.1 Å². The van der Waals surface area contributed by atoms with Crippen molar-refractivity contribution in [2.24, 2.45) is 5.92 Å². The Hall–Kier alpha value is -3.23. The molecule has 1 atom stereocenters. The van der Waals surface area contributed by atoms with E-state index >= 15 is 0 Å². The summed E-state index contributed by atoms with van der Waals surface area (Å²) < 4.78 is 0. The maximum Gasteiger partial charge on any atom is 0.253 e. The third kappa shape index (κ3) is 5.29. The highest BCUT2D eigenvalue weighted by molar-refractivity contribution is 6.33. The van der Waals surface area contributed by atoms with Gasteiger partial charge in [-0.3, -0.25) is 14.5 Å². The van der Waals surface area contributed by atoms with Gasteiger partial charge in [-0.2, -0.15) is 0 Å². The first-order valence-corrected chi connectivity index (χ1v) is 11.8. The molecule has 0 aliphatic carbocycles. The van der Waals surface area contributed by atoms with E-state index in [-0.39, 0.29) is 17.7 Å². The molecule has 2 amide bonds. The largest absolute Gasteiger partial charge is 0.383 e. The van der Waals surface area contributed by atoms with Crippen molar-refractivity contribution >= 4 is 40.1 Å². The second-order valence-corrected chi connectivity index (χ2v) is 9.23. The standard InChI is InChI=1S/C25H29ClN6O2/c1-16(2)22(30-24(33)17-7-3-5-9-19(17)26)25(34)32-13-11-31(12-14-32)15-21-28-20-10-6-4-8-18(20)23(27)29-21/h3-10,16,22H,11-15H2,1-2H3,(H,30,33)(H2,27,28,29)/t22-/m0/s1. The summed E-state index contributed by atoms with van der Waals surface area (Å²) in [6.45, 7) is 6.91. The minimum Gasteiger partial charge on any atom is -0.383 e. The number of anilines is 1. The number of fused-ring (bicyclic) bond motifs is 1. The Morgan fingerprint density at radius 1 is 1.03 bits per heavy atom. The van der Waals surface area contributed by atoms with Crippen molar-refractivity contribution < 1.29 is 9.59 Å². The van der Waals surface area contributed by atoms with Gasteiger partial charge in [-0.15, -0.1) is 0 Å². The van der Waals surface area contributed by atoms with Crippen molar-refractivity contribution in [3.63, 3.8) is 0 Å². The highest BCUT2D eigenvalue weighted by Gasteiger charge is 2.31. The van der Waals surface area contributed by atoms with E-state index in [2.05, 4.69) is 20.2 Å². The first kappa shape index (κ1) is 23.9. The predicted octanol–water partition coefficient (Wildman–Crippen LogP) is 2.96. The van der Waals surface area contributed by atoms with Crippen LogP contribution in [0.2, 0.25) is 5.02 Å². The molecule has 0 saturated carbocycles. The molecule has 34 heavy (non-hydrogen) atoms. The molecule has 0 unspecified atom stereocenters. The molecule has 1 aliphatic heterocycles. The highest BCUT2D eigenvalue weighted by atomic mass is 35.5. The Morgan fingerprint density at radius 3 is 2.41 bits per heavy atom. The number of nitrogens with zero attached hydrogens (tertiary/aromatic N) is 4. The van der Waals surface area contributed by atoms with Crippen LogP contribution in [-0.4, -0.2) is 63.8 Å². The van der Waals surface area contributed by atoms with E-state index in [1.807, 2.05) is 43.0 Å². The zero-order chi connectivity index (χ0) is 24.2. The Morgan fingerprint density at radius 2 is 1.71 bits per heavy atom. The summed E-state index contributed by atoms with van der Waals surface area (Å²) in [6, 6.07) is 13.9. The van der Waals surface area contributed by atoms with Crippen LogP contribution in [0.1, 0.15) is 30.0 Å². The van der Waals surface area contributed by atoms with Crippen LogP contribution in [-0.2, 0) is 11.3 Å². The zero-order valence-corrected chi connectivity index (χ0v) is 20.1. The van der Waals surface area contributed by atoms with Crippen LogP contribution in [0.15, 0.2) is 48.5 Å². The number of aromatic nitrogens is 2. The number of amides is 2. The minimum absolute atomic E-state index is 0.0639. The molecule has 0 spiro atoms. The summed E-state index contributed by atoms with van der Waals surface area (Å²) in [7, 11) is 0. The molecule has 9 heteroatoms. The van der Waals surface area contributed by atoms with Crippen molar-refractivity contribution in [3.05, 3.63) is 64.9 Å². The maximum absolute atomic E-state index is 13.3. The van der Waals surface area contributed by atoms with E-state index in [4.69, 9.17) is 17.3 Å². The first-order valence-electron chi connectivity index (χ1n) is 11.4. The SMILES string of the molecule is CC(C)[C@H](NC(=O)c1ccccc1Cl)C(=O)N1CCN(Cc2nc(N)c3ccccc3n2)CC1. The maximum atomic E-state index is 13.3. The number of benzene rings is 2. The predicted molar refractivity (Wildman–Crippen MR) is 133 cm³/mol. The Labute approximate surface area is 204 Å². The molecular formula is C25H29ClN6O2. The third-order valence-corrected chi connectivity index (χ3v) is 6.40. The molecule has 1 saturated heterocycles. The van der Waals surface area contributed by atoms with Crippen LogP contribution in [0, 0.1) is 5.92 Å². The van der Waals surface area contributed by atoms with Crippen LogP contribution in [0.3, 0.4) is 0 Å². The number of piperazine rings is 1. The van der Waals surface area contributed by atoms with Crippen LogP contribution >= 0.6 is 11.6 Å². The Balaban J connectivity index is 1.37. The smallest absolute Gasteiger partial charge is 0.253 e. The molecule has 3 aromatic rings. The molecule has 178 valence electrons. The number of hydrogen-bond acceptors (Lipinski definition) is 6. The van der Waals surface area contributed by atoms with E-state index in [0.717, 1.165) is 10.9 Å². The van der Waals surface area contributed by atoms with Crippen molar-refractivity contribution in [1.29, 1.82) is 0 Å². The van der Waals surface area contributed by atoms with Crippen LogP contribution < -0.4 is 11.1 Å². The summed E-state index contributed by atoms with van der Waals surface area (Å²) in [5.41, 5.74) is 7.30. The fourth-order valence-corrected chi connectivity index (χ4v) is 4.34. The fraction of sp³-hybridized carbons (Fsp3) is 0.360. The van der Waals surface area contributed by atoms with Crippen LogP contribution in [0.5, 0.6) is 0 Å². The number of para-hydroxylation sites is 1. The van der Waals surface area contributed by atoms with Gasteiger partial charge < -0.3 is 16.0 Å². The van der Waals surface area contributed by atoms with Gasteiger partial charge in [-0.1, -0.05) is 49.7 Å². The molecule has 2 aromatic carbocycles. The molecule has 8 nitrogen and oxygen atoms in total. The number of nitrogens with one attached hydrogen (secondary N) is 1. The first-order chi connectivity index (χ1) is 16.3. The zero-order valence-electron chi connectivity index (χ0n) is 19.4. The second-order valence-electron chi connectivity index (χ2n) is 8.82. The van der Waals surface area contributed by atoms with Crippen molar-refractivity contribution in [2.45, 2.75) is 26.4 Å². The number of carbonyl (C=O) groups excluding carboxylic acids is 2. The number of rotatable bonds is 6. The summed E-state index contributed by atoms with van der Waals surface area (Å²) in [5.74, 6) is 0.654. The van der Waals surface area contributed by atoms with Crippen LogP contribution in [0.4, 0.5) is 5.82 Å². The quantitative estimate of drug-likeness (QED) is 0.562. The number of carbonyl (C=O) groups is 2. The van der Waals surface area contributed by atoms with Crippen molar-refractivity contribution in [2.75, 3.05) is 31.9 Å². The van der Waals surface area contributed by atoms with Crippen LogP contribution in [0.25, 0.3) is 10.9 Å². The van der Waals surface area contributed by atoms with E-state index in [9.17, 15) is 9.59 Å². The summed E-state index contributed by atoms with van der Waals surface area (Å²) >= 11 is 6.16. The molecule has 3 N–H and O–H groups in total. The van der Waals surface area contributed by atoms with Gasteiger partial charge in [0.1, 0.15) is 17.7 Å². The van der Waals surface area contributed by atoms with Gasteiger partial charge in [0.05, 0.1) is 22.6 Å². The van der Waals surface area contributed by atoms with E-state index < -0.39 is 6.04 Å². The van der Waals surface area contributed by atoms with Gasteiger partial charge in [-0.25, -0.2) is 9.97 Å². The highest BCUT2D eigenvalue weighted by Crippen LogP contribution is 2.19. The van der Waals surface area contributed by atoms with Gasteiger partial charge in [0, 0.05) is 31.6 Å². The van der Waals surface area contributed by atoms with Gasteiger partial charge in [-0.05, 0) is 30.2 Å². The molecule has 1 fully saturated rings. The topological polar surface area (TPSA) is 104 Å².